The molecule has 0 radical (unpaired) electrons. The second-order valence-electron chi connectivity index (χ2n) is 9.34. The topological polar surface area (TPSA) is 173 Å². The Morgan fingerprint density at radius 2 is 1.34 bits per heavy atom. The molecule has 4 aromatic rings. The third-order valence-electron chi connectivity index (χ3n) is 6.57. The molecule has 0 atom stereocenters. The zero-order valence-electron chi connectivity index (χ0n) is 22.2. The summed E-state index contributed by atoms with van der Waals surface area (Å²) in [5.41, 5.74) is 7.00. The zero-order valence-corrected chi connectivity index (χ0v) is 25.9. The van der Waals surface area contributed by atoms with Gasteiger partial charge in [0, 0.05) is 16.8 Å². The summed E-state index contributed by atoms with van der Waals surface area (Å²) in [4.78, 5) is 26.2. The van der Waals surface area contributed by atoms with Crippen LogP contribution in [-0.4, -0.2) is 33.0 Å². The Balaban J connectivity index is 0.00000387. The molecule has 41 heavy (non-hydrogen) atoms. The maximum absolute atomic E-state index is 13.5. The number of ketones is 2. The SMILES string of the molecule is Cc1ccc(S(=O)(=O)Nc2ccc(C)c(Nc3cc(S(=O)(=O)O)c(N)c4c3C(=O)c3ccccc3C4=O)c2)cc1.[Na+]. The maximum Gasteiger partial charge on any atom is 1.00 e. The fourth-order valence-electron chi connectivity index (χ4n) is 4.50. The molecule has 0 bridgehead atoms. The number of aryl methyl sites for hydroxylation is 2. The summed E-state index contributed by atoms with van der Waals surface area (Å²) < 4.78 is 62.6. The van der Waals surface area contributed by atoms with Gasteiger partial charge < -0.3 is 11.1 Å². The second kappa shape index (κ2) is 11.0. The van der Waals surface area contributed by atoms with E-state index in [4.69, 9.17) is 5.73 Å². The number of benzene rings is 4. The molecule has 0 amide bonds. The largest absolute Gasteiger partial charge is 1.00 e. The Labute approximate surface area is 259 Å². The van der Waals surface area contributed by atoms with Gasteiger partial charge in [0.25, 0.3) is 20.1 Å². The molecule has 5 rings (SSSR count). The summed E-state index contributed by atoms with van der Waals surface area (Å²) in [7, 11) is -8.83. The van der Waals surface area contributed by atoms with Crippen molar-refractivity contribution >= 4 is 54.5 Å². The average Bonchev–Trinajstić information content (AvgIpc) is 2.89. The predicted octanol–water partition coefficient (Wildman–Crippen LogP) is 1.46. The van der Waals surface area contributed by atoms with Gasteiger partial charge in [-0.25, -0.2) is 8.42 Å². The third kappa shape index (κ3) is 5.67. The second-order valence-corrected chi connectivity index (χ2v) is 12.4. The summed E-state index contributed by atoms with van der Waals surface area (Å²) in [6.07, 6.45) is 0. The molecule has 1 aliphatic rings. The van der Waals surface area contributed by atoms with Crippen LogP contribution in [0.3, 0.4) is 0 Å². The monoisotopic (exact) mass is 600 g/mol. The summed E-state index contributed by atoms with van der Waals surface area (Å²) >= 11 is 0. The van der Waals surface area contributed by atoms with Gasteiger partial charge in [-0.3, -0.25) is 18.9 Å². The van der Waals surface area contributed by atoms with E-state index in [0.29, 0.717) is 11.3 Å². The quantitative estimate of drug-likeness (QED) is 0.128. The minimum Gasteiger partial charge on any atom is -0.397 e. The normalized spacial score (nSPS) is 12.7. The van der Waals surface area contributed by atoms with Gasteiger partial charge in [-0.1, -0.05) is 48.0 Å². The molecule has 0 unspecified atom stereocenters. The molecule has 0 fully saturated rings. The average molecular weight is 601 g/mol. The fourth-order valence-corrected chi connectivity index (χ4v) is 6.20. The molecule has 204 valence electrons. The van der Waals surface area contributed by atoms with Gasteiger partial charge in [0.05, 0.1) is 33.1 Å². The van der Waals surface area contributed by atoms with E-state index >= 15 is 0 Å². The Morgan fingerprint density at radius 1 is 0.756 bits per heavy atom. The van der Waals surface area contributed by atoms with Crippen LogP contribution in [-0.2, 0) is 20.1 Å². The molecule has 0 aliphatic heterocycles. The van der Waals surface area contributed by atoms with E-state index in [-0.39, 0.29) is 68.1 Å². The minimum absolute atomic E-state index is 0. The molecule has 0 heterocycles. The minimum atomic E-state index is -4.90. The predicted molar refractivity (Wildman–Crippen MR) is 150 cm³/mol. The first-order chi connectivity index (χ1) is 18.8. The van der Waals surface area contributed by atoms with Crippen molar-refractivity contribution in [2.75, 3.05) is 15.8 Å². The molecule has 10 nitrogen and oxygen atoms in total. The number of sulfonamides is 1. The van der Waals surface area contributed by atoms with E-state index < -0.39 is 42.3 Å². The number of hydrogen-bond donors (Lipinski definition) is 4. The van der Waals surface area contributed by atoms with Crippen LogP contribution in [0.25, 0.3) is 0 Å². The van der Waals surface area contributed by atoms with Gasteiger partial charge in [-0.05, 0) is 49.7 Å². The number of carbonyl (C=O) groups excluding carboxylic acids is 2. The maximum atomic E-state index is 13.5. The van der Waals surface area contributed by atoms with Gasteiger partial charge in [-0.2, -0.15) is 8.42 Å². The molecule has 1 aliphatic carbocycles. The van der Waals surface area contributed by atoms with Crippen molar-refractivity contribution in [1.82, 2.24) is 0 Å². The van der Waals surface area contributed by atoms with E-state index in [1.165, 1.54) is 30.3 Å². The first kappa shape index (κ1) is 30.4. The summed E-state index contributed by atoms with van der Waals surface area (Å²) in [5.74, 6) is -1.25. The van der Waals surface area contributed by atoms with E-state index in [0.717, 1.165) is 11.6 Å². The molecular weight excluding hydrogens is 577 g/mol. The van der Waals surface area contributed by atoms with E-state index in [9.17, 15) is 31.0 Å². The number of nitrogens with two attached hydrogens (primary N) is 1. The Morgan fingerprint density at radius 3 is 1.93 bits per heavy atom. The molecule has 5 N–H and O–H groups in total. The number of anilines is 4. The number of nitrogen functional groups attached to an aromatic ring is 1. The summed E-state index contributed by atoms with van der Waals surface area (Å²) in [6, 6.07) is 17.9. The molecule has 0 aromatic heterocycles. The molecule has 13 heteroatoms. The number of carbonyl (C=O) groups is 2. The molecule has 0 saturated heterocycles. The zero-order chi connectivity index (χ0) is 29.0. The molecule has 0 spiro atoms. The molecule has 4 aromatic carbocycles. The van der Waals surface area contributed by atoms with Crippen molar-refractivity contribution in [2.45, 2.75) is 23.6 Å². The van der Waals surface area contributed by atoms with Crippen molar-refractivity contribution < 1.29 is 60.5 Å². The van der Waals surface area contributed by atoms with Crippen molar-refractivity contribution in [1.29, 1.82) is 0 Å². The van der Waals surface area contributed by atoms with Crippen LogP contribution in [0.2, 0.25) is 0 Å². The first-order valence-electron chi connectivity index (χ1n) is 11.9. The van der Waals surface area contributed by atoms with Crippen LogP contribution < -0.4 is 45.3 Å². The Bertz CT molecular complexity index is 1960. The van der Waals surface area contributed by atoms with E-state index in [1.807, 2.05) is 6.92 Å². The van der Waals surface area contributed by atoms with Crippen LogP contribution in [0.1, 0.15) is 43.0 Å². The van der Waals surface area contributed by atoms with Crippen LogP contribution in [0.15, 0.2) is 82.6 Å². The Kier molecular flexibility index (Phi) is 8.20. The van der Waals surface area contributed by atoms with Crippen LogP contribution in [0, 0.1) is 13.8 Å². The van der Waals surface area contributed by atoms with Gasteiger partial charge in [0.15, 0.2) is 11.6 Å². The fraction of sp³-hybridized carbons (Fsp3) is 0.0714. The standard InChI is InChI=1S/C28H23N3O7S2.Na/c1-15-7-11-18(12-8-15)39(34,35)31-17-10-9-16(2)21(13-17)30-22-14-23(40(36,37)38)26(29)25-24(22)27(32)19-5-3-4-6-20(19)28(25)33;/h3-14,30-31H,29H2,1-2H3,(H,36,37,38);/q;+1. The Hall–Kier alpha value is -3.52. The number of hydrogen-bond acceptors (Lipinski definition) is 8. The van der Waals surface area contributed by atoms with E-state index in [1.54, 1.807) is 43.3 Å². The van der Waals surface area contributed by atoms with Gasteiger partial charge >= 0.3 is 29.6 Å². The van der Waals surface area contributed by atoms with Gasteiger partial charge in [-0.15, -0.1) is 0 Å². The van der Waals surface area contributed by atoms with Crippen LogP contribution in [0.4, 0.5) is 22.7 Å². The van der Waals surface area contributed by atoms with Crippen molar-refractivity contribution in [3.63, 3.8) is 0 Å². The smallest absolute Gasteiger partial charge is 0.397 e. The molecule has 0 saturated carbocycles. The number of rotatable bonds is 6. The van der Waals surface area contributed by atoms with Crippen molar-refractivity contribution in [3.8, 4) is 0 Å². The van der Waals surface area contributed by atoms with Gasteiger partial charge in [0.1, 0.15) is 4.90 Å². The van der Waals surface area contributed by atoms with Crippen molar-refractivity contribution in [3.05, 3.63) is 106 Å². The van der Waals surface area contributed by atoms with E-state index in [2.05, 4.69) is 10.0 Å². The summed E-state index contributed by atoms with van der Waals surface area (Å²) in [6.45, 7) is 3.54. The van der Waals surface area contributed by atoms with Gasteiger partial charge in [0.2, 0.25) is 0 Å². The third-order valence-corrected chi connectivity index (χ3v) is 8.86. The molecular formula is C28H23N3NaO7S2+. The van der Waals surface area contributed by atoms with Crippen LogP contribution >= 0.6 is 0 Å². The van der Waals surface area contributed by atoms with Crippen LogP contribution in [0.5, 0.6) is 0 Å². The number of fused-ring (bicyclic) bond motifs is 2. The summed E-state index contributed by atoms with van der Waals surface area (Å²) in [5, 5.41) is 2.96. The first-order valence-corrected chi connectivity index (χ1v) is 14.8. The van der Waals surface area contributed by atoms with Crippen molar-refractivity contribution in [2.24, 2.45) is 0 Å². The number of nitrogens with one attached hydrogen (secondary N) is 2.